The van der Waals surface area contributed by atoms with Crippen LogP contribution in [0.1, 0.15) is 45.9 Å². The lowest BCUT2D eigenvalue weighted by Crippen LogP contribution is -2.22. The Morgan fingerprint density at radius 2 is 2.07 bits per heavy atom. The third-order valence-electron chi connectivity index (χ3n) is 4.91. The summed E-state index contributed by atoms with van der Waals surface area (Å²) in [4.78, 5) is 26.2. The summed E-state index contributed by atoms with van der Waals surface area (Å²) < 4.78 is 27.8. The molecule has 1 aromatic carbocycles. The third kappa shape index (κ3) is 3.74. The van der Waals surface area contributed by atoms with E-state index in [-0.39, 0.29) is 22.8 Å². The molecule has 1 fully saturated rings. The Bertz CT molecular complexity index is 1270. The number of hydrogen-bond acceptors (Lipinski definition) is 5. The molecule has 1 aliphatic carbocycles. The molecule has 0 saturated heterocycles. The van der Waals surface area contributed by atoms with Crippen LogP contribution in [-0.4, -0.2) is 40.0 Å². The number of nitrogens with one attached hydrogen (secondary N) is 1. The van der Waals surface area contributed by atoms with Crippen molar-refractivity contribution in [2.24, 2.45) is 7.05 Å². The van der Waals surface area contributed by atoms with Crippen LogP contribution in [0.2, 0.25) is 0 Å². The van der Waals surface area contributed by atoms with Crippen LogP contribution < -0.4 is 5.56 Å². The molecule has 0 spiro atoms. The quantitative estimate of drug-likeness (QED) is 0.547. The number of H-pyrrole nitrogens is 1. The number of rotatable bonds is 6. The molecular formula is C19H19BrN4O4S. The highest BCUT2D eigenvalue weighted by Gasteiger charge is 2.34. The molecule has 0 radical (unpaired) electrons. The first-order valence-electron chi connectivity index (χ1n) is 9.00. The molecule has 10 heteroatoms. The van der Waals surface area contributed by atoms with Gasteiger partial charge in [-0.3, -0.25) is 19.4 Å². The number of carbonyl (C=O) groups excluding carboxylic acids is 1. The normalized spacial score (nSPS) is 14.3. The number of hydrogen-bond donors (Lipinski definition) is 1. The Kier molecular flexibility index (Phi) is 4.86. The first-order valence-corrected chi connectivity index (χ1v) is 11.9. The Morgan fingerprint density at radius 1 is 1.34 bits per heavy atom. The number of ketones is 1. The zero-order valence-corrected chi connectivity index (χ0v) is 18.2. The molecular weight excluding hydrogens is 460 g/mol. The minimum absolute atomic E-state index is 0.0819. The van der Waals surface area contributed by atoms with Gasteiger partial charge in [0.2, 0.25) is 5.78 Å². The van der Waals surface area contributed by atoms with Gasteiger partial charge >= 0.3 is 0 Å². The van der Waals surface area contributed by atoms with Gasteiger partial charge in [0.05, 0.1) is 17.1 Å². The van der Waals surface area contributed by atoms with E-state index in [1.165, 1.54) is 9.36 Å². The van der Waals surface area contributed by atoms with E-state index in [0.717, 1.165) is 19.1 Å². The third-order valence-corrected chi connectivity index (χ3v) is 6.36. The number of nitrogens with zero attached hydrogens (tertiary/aromatic N) is 3. The maximum absolute atomic E-state index is 13.5. The SMILES string of the molecule is Cn1[nH]c(C2CC2)c(C(=O)c2ccc(Br)c(-n3cccn3)c2CS(C)(=O)=O)c1=O. The Labute approximate surface area is 175 Å². The predicted octanol–water partition coefficient (Wildman–Crippen LogP) is 2.31. The molecule has 0 amide bonds. The van der Waals surface area contributed by atoms with Crippen LogP contribution in [0.3, 0.4) is 0 Å². The smallest absolute Gasteiger partial charge is 0.277 e. The fraction of sp³-hybridized carbons (Fsp3) is 0.316. The Hall–Kier alpha value is -2.46. The maximum atomic E-state index is 13.5. The van der Waals surface area contributed by atoms with Gasteiger partial charge in [0, 0.05) is 47.2 Å². The van der Waals surface area contributed by atoms with E-state index in [1.54, 1.807) is 37.6 Å². The van der Waals surface area contributed by atoms with Crippen molar-refractivity contribution in [1.29, 1.82) is 0 Å². The zero-order chi connectivity index (χ0) is 20.9. The van der Waals surface area contributed by atoms with Crippen LogP contribution >= 0.6 is 15.9 Å². The molecule has 4 rings (SSSR count). The minimum Gasteiger partial charge on any atom is -0.299 e. The molecule has 8 nitrogen and oxygen atoms in total. The van der Waals surface area contributed by atoms with Crippen LogP contribution in [-0.2, 0) is 22.6 Å². The summed E-state index contributed by atoms with van der Waals surface area (Å²) >= 11 is 3.44. The Morgan fingerprint density at radius 3 is 2.66 bits per heavy atom. The van der Waals surface area contributed by atoms with E-state index in [1.807, 2.05) is 0 Å². The minimum atomic E-state index is -3.47. The average molecular weight is 479 g/mol. The molecule has 2 aromatic heterocycles. The summed E-state index contributed by atoms with van der Waals surface area (Å²) in [5, 5.41) is 7.18. The highest BCUT2D eigenvalue weighted by atomic mass is 79.9. The molecule has 1 saturated carbocycles. The highest BCUT2D eigenvalue weighted by Crippen LogP contribution is 2.40. The average Bonchev–Trinajstić information content (AvgIpc) is 3.26. The van der Waals surface area contributed by atoms with Gasteiger partial charge in [-0.25, -0.2) is 13.1 Å². The number of aromatic nitrogens is 4. The highest BCUT2D eigenvalue weighted by molar-refractivity contribution is 9.10. The van der Waals surface area contributed by atoms with Gasteiger partial charge in [-0.05, 0) is 47.0 Å². The molecule has 0 unspecified atom stereocenters. The number of halogens is 1. The van der Waals surface area contributed by atoms with Crippen molar-refractivity contribution in [3.8, 4) is 5.69 Å². The molecule has 0 bridgehead atoms. The van der Waals surface area contributed by atoms with Gasteiger partial charge < -0.3 is 0 Å². The van der Waals surface area contributed by atoms with Crippen LogP contribution in [0.15, 0.2) is 39.9 Å². The van der Waals surface area contributed by atoms with Gasteiger partial charge in [-0.15, -0.1) is 0 Å². The summed E-state index contributed by atoms with van der Waals surface area (Å²) in [6.07, 6.45) is 6.17. The zero-order valence-electron chi connectivity index (χ0n) is 15.8. The van der Waals surface area contributed by atoms with Crippen LogP contribution in [0.25, 0.3) is 5.69 Å². The second-order valence-corrected chi connectivity index (χ2v) is 10.3. The summed E-state index contributed by atoms with van der Waals surface area (Å²) in [6, 6.07) is 4.94. The molecule has 2 heterocycles. The van der Waals surface area contributed by atoms with Gasteiger partial charge in [-0.1, -0.05) is 0 Å². The van der Waals surface area contributed by atoms with Crippen molar-refractivity contribution in [1.82, 2.24) is 19.6 Å². The van der Waals surface area contributed by atoms with E-state index < -0.39 is 21.2 Å². The second kappa shape index (κ2) is 7.10. The van der Waals surface area contributed by atoms with Crippen molar-refractivity contribution in [3.05, 3.63) is 67.8 Å². The number of aryl methyl sites for hydroxylation is 1. The molecule has 0 atom stereocenters. The molecule has 29 heavy (non-hydrogen) atoms. The molecule has 1 aliphatic rings. The van der Waals surface area contributed by atoms with Crippen molar-refractivity contribution < 1.29 is 13.2 Å². The maximum Gasteiger partial charge on any atom is 0.277 e. The van der Waals surface area contributed by atoms with Crippen molar-refractivity contribution in [2.75, 3.05) is 6.26 Å². The van der Waals surface area contributed by atoms with E-state index in [9.17, 15) is 18.0 Å². The molecule has 152 valence electrons. The molecule has 3 aromatic rings. The fourth-order valence-electron chi connectivity index (χ4n) is 3.47. The van der Waals surface area contributed by atoms with Gasteiger partial charge in [-0.2, -0.15) is 5.10 Å². The van der Waals surface area contributed by atoms with Crippen LogP contribution in [0.5, 0.6) is 0 Å². The number of carbonyl (C=O) groups is 1. The van der Waals surface area contributed by atoms with Gasteiger partial charge in [0.25, 0.3) is 5.56 Å². The lowest BCUT2D eigenvalue weighted by atomic mass is 9.97. The van der Waals surface area contributed by atoms with E-state index >= 15 is 0 Å². The Balaban J connectivity index is 1.96. The lowest BCUT2D eigenvalue weighted by molar-refractivity contribution is 0.103. The molecule has 1 N–H and O–H groups in total. The van der Waals surface area contributed by atoms with Crippen LogP contribution in [0.4, 0.5) is 0 Å². The fourth-order valence-corrected chi connectivity index (χ4v) is 4.84. The first-order chi connectivity index (χ1) is 13.7. The number of sulfone groups is 1. The van der Waals surface area contributed by atoms with Crippen molar-refractivity contribution in [2.45, 2.75) is 24.5 Å². The first kappa shape index (κ1) is 19.8. The topological polar surface area (TPSA) is 107 Å². The monoisotopic (exact) mass is 478 g/mol. The molecule has 0 aliphatic heterocycles. The lowest BCUT2D eigenvalue weighted by Gasteiger charge is -2.15. The van der Waals surface area contributed by atoms with Gasteiger partial charge in [0.15, 0.2) is 9.84 Å². The predicted molar refractivity (Wildman–Crippen MR) is 111 cm³/mol. The number of aromatic amines is 1. The number of benzene rings is 1. The summed E-state index contributed by atoms with van der Waals surface area (Å²) in [5.74, 6) is -0.679. The van der Waals surface area contributed by atoms with Crippen molar-refractivity contribution >= 4 is 31.6 Å². The van der Waals surface area contributed by atoms with Crippen molar-refractivity contribution in [3.63, 3.8) is 0 Å². The van der Waals surface area contributed by atoms with E-state index in [2.05, 4.69) is 26.1 Å². The standard InChI is InChI=1S/C19H19BrN4O4S/c1-23-19(26)15(16(22-23)11-4-5-11)18(25)12-6-7-14(20)17(24-9-3-8-21-24)13(12)10-29(2,27)28/h3,6-9,11,22H,4-5,10H2,1-2H3. The van der Waals surface area contributed by atoms with E-state index in [0.29, 0.717) is 21.4 Å². The summed E-state index contributed by atoms with van der Waals surface area (Å²) in [6.45, 7) is 0. The summed E-state index contributed by atoms with van der Waals surface area (Å²) in [5.41, 5.74) is 1.25. The second-order valence-electron chi connectivity index (χ2n) is 7.31. The van der Waals surface area contributed by atoms with E-state index in [4.69, 9.17) is 0 Å². The largest absolute Gasteiger partial charge is 0.299 e. The summed E-state index contributed by atoms with van der Waals surface area (Å²) in [7, 11) is -1.90. The van der Waals surface area contributed by atoms with Crippen LogP contribution in [0, 0.1) is 0 Å². The van der Waals surface area contributed by atoms with Gasteiger partial charge in [0.1, 0.15) is 5.56 Å².